The van der Waals surface area contributed by atoms with Gasteiger partial charge in [0.2, 0.25) is 0 Å². The van der Waals surface area contributed by atoms with Crippen LogP contribution in [0.2, 0.25) is 0 Å². The van der Waals surface area contributed by atoms with Gasteiger partial charge in [-0.2, -0.15) is 0 Å². The Labute approximate surface area is 99.8 Å². The molecule has 4 heteroatoms. The Balaban J connectivity index is 2.75. The van der Waals surface area contributed by atoms with Crippen LogP contribution in [0.25, 0.3) is 0 Å². The summed E-state index contributed by atoms with van der Waals surface area (Å²) in [6.07, 6.45) is 0.192. The second-order valence-corrected chi connectivity index (χ2v) is 4.34. The van der Waals surface area contributed by atoms with Crippen LogP contribution in [-0.4, -0.2) is 23.9 Å². The SMILES string of the molecule is CCC(O)c1ccccc1SCC(=O)OC. The zero-order chi connectivity index (χ0) is 12.0. The minimum Gasteiger partial charge on any atom is -0.468 e. The van der Waals surface area contributed by atoms with Crippen molar-refractivity contribution >= 4 is 17.7 Å². The first-order chi connectivity index (χ1) is 7.69. The zero-order valence-electron chi connectivity index (χ0n) is 9.47. The molecule has 0 fully saturated rings. The van der Waals surface area contributed by atoms with Crippen LogP contribution in [-0.2, 0) is 9.53 Å². The summed E-state index contributed by atoms with van der Waals surface area (Å²) in [4.78, 5) is 12.0. The van der Waals surface area contributed by atoms with Crippen molar-refractivity contribution in [3.05, 3.63) is 29.8 Å². The van der Waals surface area contributed by atoms with Crippen molar-refractivity contribution < 1.29 is 14.6 Å². The molecule has 0 amide bonds. The van der Waals surface area contributed by atoms with Crippen molar-refractivity contribution in [1.82, 2.24) is 0 Å². The van der Waals surface area contributed by atoms with E-state index in [-0.39, 0.29) is 11.7 Å². The summed E-state index contributed by atoms with van der Waals surface area (Å²) in [7, 11) is 1.37. The minimum absolute atomic E-state index is 0.259. The maximum Gasteiger partial charge on any atom is 0.315 e. The first-order valence-electron chi connectivity index (χ1n) is 5.15. The second-order valence-electron chi connectivity index (χ2n) is 3.33. The van der Waals surface area contributed by atoms with Gasteiger partial charge in [-0.05, 0) is 18.1 Å². The molecule has 0 saturated heterocycles. The summed E-state index contributed by atoms with van der Waals surface area (Å²) >= 11 is 1.39. The number of hydrogen-bond acceptors (Lipinski definition) is 4. The molecule has 0 bridgehead atoms. The largest absolute Gasteiger partial charge is 0.468 e. The Bertz CT molecular complexity index is 352. The average Bonchev–Trinajstić information content (AvgIpc) is 2.35. The van der Waals surface area contributed by atoms with Crippen LogP contribution in [0.5, 0.6) is 0 Å². The number of aliphatic hydroxyl groups is 1. The Kier molecular flexibility index (Phi) is 5.35. The smallest absolute Gasteiger partial charge is 0.315 e. The predicted molar refractivity (Wildman–Crippen MR) is 64.4 cm³/mol. The number of methoxy groups -OCH3 is 1. The van der Waals surface area contributed by atoms with Gasteiger partial charge < -0.3 is 9.84 Å². The normalized spacial score (nSPS) is 12.2. The van der Waals surface area contributed by atoms with Crippen LogP contribution in [0, 0.1) is 0 Å². The molecule has 0 aromatic heterocycles. The fraction of sp³-hybridized carbons (Fsp3) is 0.417. The molecule has 88 valence electrons. The lowest BCUT2D eigenvalue weighted by molar-refractivity contribution is -0.137. The van der Waals surface area contributed by atoms with E-state index in [4.69, 9.17) is 0 Å². The van der Waals surface area contributed by atoms with Gasteiger partial charge in [-0.1, -0.05) is 25.1 Å². The summed E-state index contributed by atoms with van der Waals surface area (Å²) in [5.74, 6) is 0.00928. The molecule has 1 rings (SSSR count). The number of esters is 1. The molecule has 1 unspecified atom stereocenters. The molecule has 0 heterocycles. The summed E-state index contributed by atoms with van der Waals surface area (Å²) in [5, 5.41) is 9.80. The van der Waals surface area contributed by atoms with E-state index in [0.717, 1.165) is 10.5 Å². The summed E-state index contributed by atoms with van der Waals surface area (Å²) in [6, 6.07) is 7.57. The van der Waals surface area contributed by atoms with Crippen LogP contribution >= 0.6 is 11.8 Å². The molecule has 0 aliphatic heterocycles. The number of thioether (sulfide) groups is 1. The van der Waals surface area contributed by atoms with Gasteiger partial charge in [0.25, 0.3) is 0 Å². The van der Waals surface area contributed by atoms with Crippen LogP contribution < -0.4 is 0 Å². The van der Waals surface area contributed by atoms with Gasteiger partial charge in [0.15, 0.2) is 0 Å². The van der Waals surface area contributed by atoms with E-state index in [1.54, 1.807) is 0 Å². The van der Waals surface area contributed by atoms with Gasteiger partial charge in [0, 0.05) is 4.90 Å². The van der Waals surface area contributed by atoms with E-state index in [1.165, 1.54) is 18.9 Å². The number of hydrogen-bond donors (Lipinski definition) is 1. The van der Waals surface area contributed by atoms with E-state index in [2.05, 4.69) is 4.74 Å². The van der Waals surface area contributed by atoms with Crippen LogP contribution in [0.3, 0.4) is 0 Å². The molecule has 0 saturated carbocycles. The number of aliphatic hydroxyl groups excluding tert-OH is 1. The van der Waals surface area contributed by atoms with Gasteiger partial charge in [0.05, 0.1) is 19.0 Å². The van der Waals surface area contributed by atoms with Gasteiger partial charge in [-0.15, -0.1) is 11.8 Å². The fourth-order valence-corrected chi connectivity index (χ4v) is 2.24. The zero-order valence-corrected chi connectivity index (χ0v) is 10.3. The Morgan fingerprint density at radius 1 is 1.50 bits per heavy atom. The topological polar surface area (TPSA) is 46.5 Å². The van der Waals surface area contributed by atoms with Crippen molar-refractivity contribution in [3.8, 4) is 0 Å². The molecule has 0 aliphatic carbocycles. The number of benzene rings is 1. The monoisotopic (exact) mass is 240 g/mol. The average molecular weight is 240 g/mol. The van der Waals surface area contributed by atoms with E-state index >= 15 is 0 Å². The van der Waals surface area contributed by atoms with Crippen LogP contribution in [0.4, 0.5) is 0 Å². The van der Waals surface area contributed by atoms with Crippen LogP contribution in [0.1, 0.15) is 25.0 Å². The standard InChI is InChI=1S/C12H16O3S/c1-3-10(13)9-6-4-5-7-11(9)16-8-12(14)15-2/h4-7,10,13H,3,8H2,1-2H3. The minimum atomic E-state index is -0.471. The third-order valence-corrected chi connectivity index (χ3v) is 3.30. The highest BCUT2D eigenvalue weighted by atomic mass is 32.2. The van der Waals surface area contributed by atoms with E-state index in [1.807, 2.05) is 31.2 Å². The molecule has 0 radical (unpaired) electrons. The molecule has 0 spiro atoms. The maximum absolute atomic E-state index is 11.0. The van der Waals surface area contributed by atoms with Crippen molar-refractivity contribution in [2.75, 3.05) is 12.9 Å². The quantitative estimate of drug-likeness (QED) is 0.634. The Morgan fingerprint density at radius 2 is 2.19 bits per heavy atom. The summed E-state index contributed by atoms with van der Waals surface area (Å²) < 4.78 is 4.58. The van der Waals surface area contributed by atoms with E-state index in [0.29, 0.717) is 6.42 Å². The Morgan fingerprint density at radius 3 is 2.81 bits per heavy atom. The van der Waals surface area contributed by atoms with Gasteiger partial charge in [-0.3, -0.25) is 4.79 Å². The first-order valence-corrected chi connectivity index (χ1v) is 6.14. The summed E-state index contributed by atoms with van der Waals surface area (Å²) in [5.41, 5.74) is 0.874. The number of rotatable bonds is 5. The molecule has 0 aliphatic rings. The summed E-state index contributed by atoms with van der Waals surface area (Å²) in [6.45, 7) is 1.92. The maximum atomic E-state index is 11.0. The number of ether oxygens (including phenoxy) is 1. The van der Waals surface area contributed by atoms with E-state index < -0.39 is 6.10 Å². The highest BCUT2D eigenvalue weighted by molar-refractivity contribution is 8.00. The van der Waals surface area contributed by atoms with E-state index in [9.17, 15) is 9.90 Å². The number of carbonyl (C=O) groups is 1. The number of carbonyl (C=O) groups excluding carboxylic acids is 1. The van der Waals surface area contributed by atoms with Crippen LogP contribution in [0.15, 0.2) is 29.2 Å². The third kappa shape index (κ3) is 3.54. The van der Waals surface area contributed by atoms with Crippen molar-refractivity contribution in [2.24, 2.45) is 0 Å². The fourth-order valence-electron chi connectivity index (χ4n) is 1.30. The Hall–Kier alpha value is -1.00. The molecule has 1 aromatic rings. The lowest BCUT2D eigenvalue weighted by atomic mass is 10.1. The predicted octanol–water partition coefficient (Wildman–Crippen LogP) is 2.40. The third-order valence-electron chi connectivity index (χ3n) is 2.24. The highest BCUT2D eigenvalue weighted by Crippen LogP contribution is 2.28. The highest BCUT2D eigenvalue weighted by Gasteiger charge is 2.11. The van der Waals surface area contributed by atoms with Gasteiger partial charge >= 0.3 is 5.97 Å². The first kappa shape index (κ1) is 13.1. The molecule has 16 heavy (non-hydrogen) atoms. The van der Waals surface area contributed by atoms with Gasteiger partial charge in [0.1, 0.15) is 0 Å². The van der Waals surface area contributed by atoms with Crippen molar-refractivity contribution in [2.45, 2.75) is 24.3 Å². The van der Waals surface area contributed by atoms with Crippen molar-refractivity contribution in [1.29, 1.82) is 0 Å². The molecular weight excluding hydrogens is 224 g/mol. The second kappa shape index (κ2) is 6.55. The van der Waals surface area contributed by atoms with Gasteiger partial charge in [-0.25, -0.2) is 0 Å². The lowest BCUT2D eigenvalue weighted by Gasteiger charge is -2.12. The molecule has 3 nitrogen and oxygen atoms in total. The molecule has 1 aromatic carbocycles. The lowest BCUT2D eigenvalue weighted by Crippen LogP contribution is -2.04. The van der Waals surface area contributed by atoms with Crippen molar-refractivity contribution in [3.63, 3.8) is 0 Å². The molecular formula is C12H16O3S. The molecule has 1 N–H and O–H groups in total. The molecule has 1 atom stereocenters.